The van der Waals surface area contributed by atoms with Gasteiger partial charge in [0, 0.05) is 38.2 Å². The standard InChI is InChI=1S/C19H28N2O4/c1-24-17-5-2-14(3-6-17)4-7-19(23)20-15-10-16-13-25-18(8-9-22)12-21(16)11-15/h2-3,5-6,15-16,18,22H,4,7-13H2,1H3,(H,20,23)/t15-,16+,18+/m1/s1. The monoisotopic (exact) mass is 348 g/mol. The Bertz CT molecular complexity index is 563. The van der Waals surface area contributed by atoms with E-state index in [0.29, 0.717) is 25.5 Å². The summed E-state index contributed by atoms with van der Waals surface area (Å²) in [5.74, 6) is 0.936. The fraction of sp³-hybridized carbons (Fsp3) is 0.632. The topological polar surface area (TPSA) is 71.0 Å². The highest BCUT2D eigenvalue weighted by Crippen LogP contribution is 2.24. The van der Waals surface area contributed by atoms with E-state index in [2.05, 4.69) is 10.2 Å². The molecule has 2 saturated heterocycles. The number of rotatable bonds is 7. The number of hydrogen-bond acceptors (Lipinski definition) is 5. The van der Waals surface area contributed by atoms with Crippen LogP contribution in [0, 0.1) is 0 Å². The van der Waals surface area contributed by atoms with E-state index >= 15 is 0 Å². The van der Waals surface area contributed by atoms with Gasteiger partial charge in [-0.3, -0.25) is 9.69 Å². The normalized spacial score (nSPS) is 26.2. The van der Waals surface area contributed by atoms with Crippen molar-refractivity contribution in [3.63, 3.8) is 0 Å². The second kappa shape index (κ2) is 8.65. The predicted octanol–water partition coefficient (Wildman–Crippen LogP) is 0.968. The maximum absolute atomic E-state index is 12.2. The molecule has 2 heterocycles. The van der Waals surface area contributed by atoms with Crippen LogP contribution < -0.4 is 10.1 Å². The molecule has 25 heavy (non-hydrogen) atoms. The Morgan fingerprint density at radius 1 is 1.36 bits per heavy atom. The van der Waals surface area contributed by atoms with Gasteiger partial charge in [0.25, 0.3) is 0 Å². The summed E-state index contributed by atoms with van der Waals surface area (Å²) in [6.45, 7) is 2.59. The maximum atomic E-state index is 12.2. The number of morpholine rings is 1. The third-order valence-corrected chi connectivity index (χ3v) is 5.11. The van der Waals surface area contributed by atoms with Crippen LogP contribution in [-0.4, -0.2) is 67.5 Å². The van der Waals surface area contributed by atoms with Crippen molar-refractivity contribution in [3.8, 4) is 5.75 Å². The molecule has 0 spiro atoms. The number of aryl methyl sites for hydroxylation is 1. The van der Waals surface area contributed by atoms with Crippen molar-refractivity contribution in [1.29, 1.82) is 0 Å². The van der Waals surface area contributed by atoms with Crippen molar-refractivity contribution < 1.29 is 19.4 Å². The zero-order chi connectivity index (χ0) is 17.6. The van der Waals surface area contributed by atoms with Crippen molar-refractivity contribution in [3.05, 3.63) is 29.8 Å². The van der Waals surface area contributed by atoms with Crippen LogP contribution in [0.5, 0.6) is 5.75 Å². The Balaban J connectivity index is 1.41. The zero-order valence-electron chi connectivity index (χ0n) is 14.8. The molecular weight excluding hydrogens is 320 g/mol. The Kier molecular flexibility index (Phi) is 6.29. The minimum Gasteiger partial charge on any atom is -0.497 e. The predicted molar refractivity (Wildman–Crippen MR) is 94.7 cm³/mol. The molecule has 0 bridgehead atoms. The molecule has 0 aliphatic carbocycles. The summed E-state index contributed by atoms with van der Waals surface area (Å²) in [5, 5.41) is 12.2. The quantitative estimate of drug-likeness (QED) is 0.768. The SMILES string of the molecule is COc1ccc(CCC(=O)N[C@@H]2C[C@H]3CO[C@@H](CCO)CN3C2)cc1. The van der Waals surface area contributed by atoms with Gasteiger partial charge in [-0.05, 0) is 37.0 Å². The van der Waals surface area contributed by atoms with Gasteiger partial charge in [0.1, 0.15) is 5.75 Å². The number of fused-ring (bicyclic) bond motifs is 1. The second-order valence-electron chi connectivity index (χ2n) is 6.92. The number of aliphatic hydroxyl groups is 1. The number of nitrogens with one attached hydrogen (secondary N) is 1. The third kappa shape index (κ3) is 4.93. The summed E-state index contributed by atoms with van der Waals surface area (Å²) in [7, 11) is 1.65. The lowest BCUT2D eigenvalue weighted by molar-refractivity contribution is -0.121. The fourth-order valence-corrected chi connectivity index (χ4v) is 3.72. The third-order valence-electron chi connectivity index (χ3n) is 5.11. The summed E-state index contributed by atoms with van der Waals surface area (Å²) in [4.78, 5) is 14.6. The minimum atomic E-state index is 0.105. The molecule has 0 radical (unpaired) electrons. The van der Waals surface area contributed by atoms with Crippen molar-refractivity contribution in [2.24, 2.45) is 0 Å². The Morgan fingerprint density at radius 3 is 2.88 bits per heavy atom. The lowest BCUT2D eigenvalue weighted by Crippen LogP contribution is -2.46. The number of hydrogen-bond donors (Lipinski definition) is 2. The number of methoxy groups -OCH3 is 1. The van der Waals surface area contributed by atoms with Crippen LogP contribution in [0.1, 0.15) is 24.8 Å². The van der Waals surface area contributed by atoms with Crippen LogP contribution in [0.4, 0.5) is 0 Å². The van der Waals surface area contributed by atoms with E-state index in [4.69, 9.17) is 14.6 Å². The first-order valence-electron chi connectivity index (χ1n) is 9.06. The Labute approximate surface area is 149 Å². The number of aliphatic hydroxyl groups excluding tert-OH is 1. The summed E-state index contributed by atoms with van der Waals surface area (Å²) >= 11 is 0. The molecular formula is C19H28N2O4. The van der Waals surface area contributed by atoms with Gasteiger partial charge in [-0.2, -0.15) is 0 Å². The van der Waals surface area contributed by atoms with Crippen LogP contribution in [0.15, 0.2) is 24.3 Å². The minimum absolute atomic E-state index is 0.105. The molecule has 2 aliphatic rings. The molecule has 0 unspecified atom stereocenters. The molecule has 0 aromatic heterocycles. The van der Waals surface area contributed by atoms with E-state index in [-0.39, 0.29) is 24.7 Å². The molecule has 6 nitrogen and oxygen atoms in total. The Morgan fingerprint density at radius 2 is 2.16 bits per heavy atom. The molecule has 1 amide bonds. The second-order valence-corrected chi connectivity index (χ2v) is 6.92. The van der Waals surface area contributed by atoms with Crippen molar-refractivity contribution in [2.45, 2.75) is 43.9 Å². The van der Waals surface area contributed by atoms with Crippen LogP contribution in [0.3, 0.4) is 0 Å². The van der Waals surface area contributed by atoms with E-state index in [1.54, 1.807) is 7.11 Å². The highest BCUT2D eigenvalue weighted by Gasteiger charge is 2.37. The highest BCUT2D eigenvalue weighted by molar-refractivity contribution is 5.76. The number of carbonyl (C=O) groups excluding carboxylic acids is 1. The van der Waals surface area contributed by atoms with Gasteiger partial charge >= 0.3 is 0 Å². The molecule has 3 rings (SSSR count). The van der Waals surface area contributed by atoms with Gasteiger partial charge in [-0.1, -0.05) is 12.1 Å². The number of ether oxygens (including phenoxy) is 2. The molecule has 3 atom stereocenters. The van der Waals surface area contributed by atoms with Gasteiger partial charge < -0.3 is 19.9 Å². The number of amides is 1. The van der Waals surface area contributed by atoms with E-state index in [0.717, 1.165) is 37.2 Å². The molecule has 0 saturated carbocycles. The van der Waals surface area contributed by atoms with Crippen LogP contribution in [0.25, 0.3) is 0 Å². The Hall–Kier alpha value is -1.63. The van der Waals surface area contributed by atoms with Crippen LogP contribution >= 0.6 is 0 Å². The molecule has 2 fully saturated rings. The first-order valence-corrected chi connectivity index (χ1v) is 9.06. The zero-order valence-corrected chi connectivity index (χ0v) is 14.8. The molecule has 138 valence electrons. The van der Waals surface area contributed by atoms with Gasteiger partial charge in [0.15, 0.2) is 0 Å². The first kappa shape index (κ1) is 18.2. The first-order chi connectivity index (χ1) is 12.2. The number of nitrogens with zero attached hydrogens (tertiary/aromatic N) is 1. The van der Waals surface area contributed by atoms with Crippen LogP contribution in [0.2, 0.25) is 0 Å². The smallest absolute Gasteiger partial charge is 0.220 e. The van der Waals surface area contributed by atoms with Crippen molar-refractivity contribution >= 4 is 5.91 Å². The summed E-state index contributed by atoms with van der Waals surface area (Å²) < 4.78 is 10.9. The average molecular weight is 348 g/mol. The lowest BCUT2D eigenvalue weighted by atomic mass is 10.1. The lowest BCUT2D eigenvalue weighted by Gasteiger charge is -2.34. The summed E-state index contributed by atoms with van der Waals surface area (Å²) in [6, 6.07) is 8.43. The average Bonchev–Trinajstić information content (AvgIpc) is 3.02. The van der Waals surface area contributed by atoms with Crippen LogP contribution in [-0.2, 0) is 16.0 Å². The molecule has 1 aromatic carbocycles. The van der Waals surface area contributed by atoms with Crippen molar-refractivity contribution in [2.75, 3.05) is 33.4 Å². The fourth-order valence-electron chi connectivity index (χ4n) is 3.72. The molecule has 2 aliphatic heterocycles. The maximum Gasteiger partial charge on any atom is 0.220 e. The van der Waals surface area contributed by atoms with Gasteiger partial charge in [-0.25, -0.2) is 0 Å². The number of benzene rings is 1. The van der Waals surface area contributed by atoms with E-state index in [9.17, 15) is 4.79 Å². The van der Waals surface area contributed by atoms with E-state index in [1.165, 1.54) is 0 Å². The summed E-state index contributed by atoms with van der Waals surface area (Å²) in [6.07, 6.45) is 2.97. The van der Waals surface area contributed by atoms with Gasteiger partial charge in [-0.15, -0.1) is 0 Å². The molecule has 2 N–H and O–H groups in total. The molecule has 1 aromatic rings. The molecule has 6 heteroatoms. The van der Waals surface area contributed by atoms with Gasteiger partial charge in [0.2, 0.25) is 5.91 Å². The van der Waals surface area contributed by atoms with Gasteiger partial charge in [0.05, 0.1) is 19.8 Å². The van der Waals surface area contributed by atoms with Crippen molar-refractivity contribution in [1.82, 2.24) is 10.2 Å². The highest BCUT2D eigenvalue weighted by atomic mass is 16.5. The largest absolute Gasteiger partial charge is 0.497 e. The van der Waals surface area contributed by atoms with E-state index in [1.807, 2.05) is 24.3 Å². The number of carbonyl (C=O) groups is 1. The summed E-state index contributed by atoms with van der Waals surface area (Å²) in [5.41, 5.74) is 1.14. The van der Waals surface area contributed by atoms with E-state index < -0.39 is 0 Å².